The van der Waals surface area contributed by atoms with E-state index < -0.39 is 5.60 Å². The third-order valence-corrected chi connectivity index (χ3v) is 7.56. The highest BCUT2D eigenvalue weighted by Gasteiger charge is 2.43. The number of benzene rings is 2. The van der Waals surface area contributed by atoms with E-state index in [1.54, 1.807) is 0 Å². The molecule has 0 bridgehead atoms. The van der Waals surface area contributed by atoms with E-state index in [9.17, 15) is 9.90 Å². The van der Waals surface area contributed by atoms with Crippen LogP contribution in [-0.4, -0.2) is 16.5 Å². The molecule has 2 aromatic rings. The van der Waals surface area contributed by atoms with E-state index in [-0.39, 0.29) is 23.5 Å². The van der Waals surface area contributed by atoms with Crippen molar-refractivity contribution in [2.75, 3.05) is 0 Å². The van der Waals surface area contributed by atoms with Crippen molar-refractivity contribution in [3.05, 3.63) is 102 Å². The van der Waals surface area contributed by atoms with Crippen LogP contribution in [-0.2, 0) is 6.42 Å². The van der Waals surface area contributed by atoms with Crippen LogP contribution in [0.25, 0.3) is 5.57 Å². The molecule has 0 aromatic heterocycles. The first kappa shape index (κ1) is 22.5. The zero-order valence-electron chi connectivity index (χ0n) is 19.1. The molecular formula is C30H34O2. The third-order valence-electron chi connectivity index (χ3n) is 7.56. The van der Waals surface area contributed by atoms with E-state index in [4.69, 9.17) is 0 Å². The van der Waals surface area contributed by atoms with Gasteiger partial charge in [0.1, 0.15) is 0 Å². The molecule has 166 valence electrons. The van der Waals surface area contributed by atoms with Gasteiger partial charge in [0.2, 0.25) is 0 Å². The summed E-state index contributed by atoms with van der Waals surface area (Å²) in [6, 6.07) is 18.1. The summed E-state index contributed by atoms with van der Waals surface area (Å²) in [6.07, 6.45) is 4.87. The molecule has 0 spiro atoms. The van der Waals surface area contributed by atoms with E-state index in [1.165, 1.54) is 11.1 Å². The molecular weight excluding hydrogens is 392 g/mol. The first-order chi connectivity index (χ1) is 15.3. The van der Waals surface area contributed by atoms with Crippen molar-refractivity contribution in [3.8, 4) is 0 Å². The van der Waals surface area contributed by atoms with Gasteiger partial charge in [-0.3, -0.25) is 4.79 Å². The van der Waals surface area contributed by atoms with Crippen molar-refractivity contribution in [1.82, 2.24) is 0 Å². The largest absolute Gasteiger partial charge is 0.390 e. The van der Waals surface area contributed by atoms with Crippen LogP contribution in [0.4, 0.5) is 0 Å². The lowest BCUT2D eigenvalue weighted by molar-refractivity contribution is 0.0372. The monoisotopic (exact) mass is 426 g/mol. The molecule has 2 heteroatoms. The van der Waals surface area contributed by atoms with Crippen molar-refractivity contribution in [2.24, 2.45) is 17.8 Å². The van der Waals surface area contributed by atoms with Crippen molar-refractivity contribution < 1.29 is 9.90 Å². The SMILES string of the molecule is C=C1CCC(C2C(=C)c3ccccc3C2=O)C(=C)C1CCC(C)(O)CCc1ccccc1. The first-order valence-electron chi connectivity index (χ1n) is 11.7. The van der Waals surface area contributed by atoms with Gasteiger partial charge in [-0.25, -0.2) is 0 Å². The van der Waals surface area contributed by atoms with E-state index in [0.29, 0.717) is 6.42 Å². The van der Waals surface area contributed by atoms with Crippen LogP contribution >= 0.6 is 0 Å². The molecule has 2 nitrogen and oxygen atoms in total. The van der Waals surface area contributed by atoms with E-state index >= 15 is 0 Å². The van der Waals surface area contributed by atoms with Gasteiger partial charge in [0, 0.05) is 11.5 Å². The predicted octanol–water partition coefficient (Wildman–Crippen LogP) is 6.81. The number of fused-ring (bicyclic) bond motifs is 1. The maximum Gasteiger partial charge on any atom is 0.171 e. The Morgan fingerprint density at radius 3 is 2.31 bits per heavy atom. The summed E-state index contributed by atoms with van der Waals surface area (Å²) in [5, 5.41) is 11.0. The standard InChI is InChI=1S/C30H34O2/c1-20-14-15-26(28-22(3)25-12-8-9-13-27(25)29(28)31)21(2)24(20)17-19-30(4,32)18-16-23-10-6-5-7-11-23/h5-13,24,26,28,32H,1-3,14-19H2,4H3. The Bertz CT molecular complexity index is 1010. The van der Waals surface area contributed by atoms with Crippen molar-refractivity contribution >= 4 is 11.4 Å². The summed E-state index contributed by atoms with van der Waals surface area (Å²) in [4.78, 5) is 13.2. The zero-order chi connectivity index (χ0) is 22.9. The molecule has 0 saturated heterocycles. The molecule has 1 saturated carbocycles. The molecule has 0 heterocycles. The minimum Gasteiger partial charge on any atom is -0.390 e. The molecule has 32 heavy (non-hydrogen) atoms. The number of carbonyl (C=O) groups excluding carboxylic acids is 1. The average Bonchev–Trinajstić information content (AvgIpc) is 3.04. The predicted molar refractivity (Wildman–Crippen MR) is 132 cm³/mol. The van der Waals surface area contributed by atoms with Crippen LogP contribution in [0.3, 0.4) is 0 Å². The molecule has 1 N–H and O–H groups in total. The van der Waals surface area contributed by atoms with E-state index in [2.05, 4.69) is 31.9 Å². The lowest BCUT2D eigenvalue weighted by Crippen LogP contribution is -2.31. The fraction of sp³-hybridized carbons (Fsp3) is 0.367. The second-order valence-corrected chi connectivity index (χ2v) is 9.86. The van der Waals surface area contributed by atoms with Gasteiger partial charge < -0.3 is 5.11 Å². The third kappa shape index (κ3) is 4.42. The Morgan fingerprint density at radius 2 is 1.62 bits per heavy atom. The number of ketones is 1. The molecule has 1 fully saturated rings. The minimum absolute atomic E-state index is 0.0900. The maximum atomic E-state index is 13.2. The highest BCUT2D eigenvalue weighted by Crippen LogP contribution is 2.49. The number of carbonyl (C=O) groups is 1. The highest BCUT2D eigenvalue weighted by atomic mass is 16.3. The number of rotatable bonds is 7. The van der Waals surface area contributed by atoms with Crippen molar-refractivity contribution in [3.63, 3.8) is 0 Å². The molecule has 0 radical (unpaired) electrons. The lowest BCUT2D eigenvalue weighted by atomic mass is 9.66. The minimum atomic E-state index is -0.744. The van der Waals surface area contributed by atoms with Gasteiger partial charge >= 0.3 is 0 Å². The fourth-order valence-corrected chi connectivity index (χ4v) is 5.53. The van der Waals surface area contributed by atoms with Crippen LogP contribution in [0.5, 0.6) is 0 Å². The van der Waals surface area contributed by atoms with E-state index in [1.807, 2.05) is 49.4 Å². The van der Waals surface area contributed by atoms with Crippen molar-refractivity contribution in [2.45, 2.75) is 51.0 Å². The summed E-state index contributed by atoms with van der Waals surface area (Å²) in [7, 11) is 0. The Balaban J connectivity index is 1.42. The van der Waals surface area contributed by atoms with Crippen molar-refractivity contribution in [1.29, 1.82) is 0 Å². The Morgan fingerprint density at radius 1 is 0.969 bits per heavy atom. The first-order valence-corrected chi connectivity index (χ1v) is 11.7. The normalized spacial score (nSPS) is 25.0. The number of aliphatic hydroxyl groups is 1. The second-order valence-electron chi connectivity index (χ2n) is 9.86. The Kier molecular flexibility index (Phi) is 6.35. The molecule has 2 aromatic carbocycles. The van der Waals surface area contributed by atoms with Gasteiger partial charge in [-0.1, -0.05) is 85.5 Å². The summed E-state index contributed by atoms with van der Waals surface area (Å²) >= 11 is 0. The molecule has 0 aliphatic heterocycles. The topological polar surface area (TPSA) is 37.3 Å². The second kappa shape index (κ2) is 9.03. The van der Waals surface area contributed by atoms with Gasteiger partial charge in [0.25, 0.3) is 0 Å². The Labute approximate surface area is 192 Å². The molecule has 4 atom stereocenters. The molecule has 2 aliphatic rings. The number of Topliss-reactive ketones (excluding diaryl/α,β-unsaturated/α-hetero) is 1. The molecule has 4 rings (SSSR count). The Hall–Kier alpha value is -2.71. The quantitative estimate of drug-likeness (QED) is 0.494. The van der Waals surface area contributed by atoms with Crippen LogP contribution in [0.1, 0.15) is 60.5 Å². The maximum absolute atomic E-state index is 13.2. The van der Waals surface area contributed by atoms with Gasteiger partial charge in [0.05, 0.1) is 11.5 Å². The summed E-state index contributed by atoms with van der Waals surface area (Å²) < 4.78 is 0. The van der Waals surface area contributed by atoms with Gasteiger partial charge in [-0.05, 0) is 68.1 Å². The van der Waals surface area contributed by atoms with Gasteiger partial charge in [-0.2, -0.15) is 0 Å². The number of aryl methyl sites for hydroxylation is 1. The van der Waals surface area contributed by atoms with Crippen LogP contribution in [0.15, 0.2) is 85.5 Å². The van der Waals surface area contributed by atoms with Gasteiger partial charge in [-0.15, -0.1) is 0 Å². The summed E-state index contributed by atoms with van der Waals surface area (Å²) in [5.41, 5.74) is 5.48. The molecule has 0 amide bonds. The lowest BCUT2D eigenvalue weighted by Gasteiger charge is -2.38. The highest BCUT2D eigenvalue weighted by molar-refractivity contribution is 6.14. The number of hydrogen-bond acceptors (Lipinski definition) is 2. The van der Waals surface area contributed by atoms with E-state index in [0.717, 1.165) is 54.4 Å². The van der Waals surface area contributed by atoms with Crippen LogP contribution < -0.4 is 0 Å². The molecule has 4 unspecified atom stereocenters. The fourth-order valence-electron chi connectivity index (χ4n) is 5.53. The number of hydrogen-bond donors (Lipinski definition) is 1. The summed E-state index contributed by atoms with van der Waals surface area (Å²) in [6.45, 7) is 15.0. The summed E-state index contributed by atoms with van der Waals surface area (Å²) in [5.74, 6) is 0.195. The average molecular weight is 427 g/mol. The molecule has 2 aliphatic carbocycles. The van der Waals surface area contributed by atoms with Gasteiger partial charge in [0.15, 0.2) is 5.78 Å². The smallest absolute Gasteiger partial charge is 0.171 e. The number of allylic oxidation sites excluding steroid dienone is 3. The van der Waals surface area contributed by atoms with Crippen LogP contribution in [0, 0.1) is 17.8 Å². The zero-order valence-corrected chi connectivity index (χ0v) is 19.1. The van der Waals surface area contributed by atoms with Crippen LogP contribution in [0.2, 0.25) is 0 Å².